The van der Waals surface area contributed by atoms with Gasteiger partial charge in [-0.05, 0) is 50.2 Å². The molecule has 0 atom stereocenters. The van der Waals surface area contributed by atoms with Crippen molar-refractivity contribution < 1.29 is 28.6 Å². The molecular formula is C18H15FO5. The summed E-state index contributed by atoms with van der Waals surface area (Å²) in [6, 6.07) is 8.43. The summed E-state index contributed by atoms with van der Waals surface area (Å²) in [7, 11) is 0. The van der Waals surface area contributed by atoms with Crippen molar-refractivity contribution in [1.82, 2.24) is 0 Å². The number of benzene rings is 2. The first kappa shape index (κ1) is 15.9. The van der Waals surface area contributed by atoms with Gasteiger partial charge < -0.3 is 19.4 Å². The van der Waals surface area contributed by atoms with E-state index >= 15 is 0 Å². The predicted molar refractivity (Wildman–Crippen MR) is 86.0 cm³/mol. The molecule has 5 nitrogen and oxygen atoms in total. The third kappa shape index (κ3) is 2.78. The van der Waals surface area contributed by atoms with Crippen molar-refractivity contribution in [1.29, 1.82) is 0 Å². The standard InChI is InChI=1S/C18H15FO5/c1-9(2)23-11-4-6-15-12(8-11)16(18(21)22)17(24-15)10-3-5-13(19)14(20)7-10/h3-9,20H,1-2H3,(H,21,22). The highest BCUT2D eigenvalue weighted by molar-refractivity contribution is 6.08. The van der Waals surface area contributed by atoms with E-state index in [4.69, 9.17) is 9.15 Å². The molecule has 2 aromatic carbocycles. The van der Waals surface area contributed by atoms with Crippen molar-refractivity contribution >= 4 is 16.9 Å². The van der Waals surface area contributed by atoms with Gasteiger partial charge in [-0.1, -0.05) is 0 Å². The average Bonchev–Trinajstić information content (AvgIpc) is 2.88. The molecule has 124 valence electrons. The van der Waals surface area contributed by atoms with Crippen molar-refractivity contribution in [3.8, 4) is 22.8 Å². The Labute approximate surface area is 136 Å². The fourth-order valence-corrected chi connectivity index (χ4v) is 2.49. The molecule has 0 saturated heterocycles. The van der Waals surface area contributed by atoms with Crippen molar-refractivity contribution in [2.75, 3.05) is 0 Å². The SMILES string of the molecule is CC(C)Oc1ccc2oc(-c3ccc(F)c(O)c3)c(C(=O)O)c2c1. The summed E-state index contributed by atoms with van der Waals surface area (Å²) in [4.78, 5) is 11.7. The molecule has 3 aromatic rings. The van der Waals surface area contributed by atoms with Crippen LogP contribution in [0.15, 0.2) is 40.8 Å². The minimum absolute atomic E-state index is 0.0505. The summed E-state index contributed by atoms with van der Waals surface area (Å²) in [6.45, 7) is 3.73. The Morgan fingerprint density at radius 1 is 1.21 bits per heavy atom. The number of aromatic hydroxyl groups is 1. The van der Waals surface area contributed by atoms with E-state index in [0.29, 0.717) is 16.7 Å². The fraction of sp³-hybridized carbons (Fsp3) is 0.167. The van der Waals surface area contributed by atoms with Gasteiger partial charge in [-0.15, -0.1) is 0 Å². The lowest BCUT2D eigenvalue weighted by molar-refractivity contribution is 0.0699. The lowest BCUT2D eigenvalue weighted by atomic mass is 10.1. The Hall–Kier alpha value is -3.02. The number of hydrogen-bond donors (Lipinski definition) is 2. The second-order valence-corrected chi connectivity index (χ2v) is 5.60. The maximum Gasteiger partial charge on any atom is 0.340 e. The van der Waals surface area contributed by atoms with E-state index in [-0.39, 0.29) is 23.0 Å². The second kappa shape index (κ2) is 5.88. The van der Waals surface area contributed by atoms with Gasteiger partial charge in [0.05, 0.1) is 6.10 Å². The normalized spacial score (nSPS) is 11.2. The molecule has 3 rings (SSSR count). The third-order valence-electron chi connectivity index (χ3n) is 3.45. The Morgan fingerprint density at radius 2 is 1.96 bits per heavy atom. The summed E-state index contributed by atoms with van der Waals surface area (Å²) in [5, 5.41) is 19.5. The molecule has 0 unspecified atom stereocenters. The molecule has 1 aromatic heterocycles. The molecule has 1 heterocycles. The number of aromatic carboxylic acids is 1. The van der Waals surface area contributed by atoms with Crippen molar-refractivity contribution in [2.24, 2.45) is 0 Å². The molecule has 0 aliphatic rings. The molecular weight excluding hydrogens is 315 g/mol. The van der Waals surface area contributed by atoms with Gasteiger partial charge in [0.25, 0.3) is 0 Å². The number of carboxylic acids is 1. The summed E-state index contributed by atoms with van der Waals surface area (Å²) >= 11 is 0. The van der Waals surface area contributed by atoms with Gasteiger partial charge in [-0.2, -0.15) is 0 Å². The molecule has 0 fully saturated rings. The van der Waals surface area contributed by atoms with E-state index in [2.05, 4.69) is 0 Å². The number of fused-ring (bicyclic) bond motifs is 1. The Bertz CT molecular complexity index is 927. The van der Waals surface area contributed by atoms with Crippen LogP contribution in [0.25, 0.3) is 22.3 Å². The van der Waals surface area contributed by atoms with Crippen LogP contribution < -0.4 is 4.74 Å². The number of phenols is 1. The minimum atomic E-state index is -1.19. The minimum Gasteiger partial charge on any atom is -0.505 e. The van der Waals surface area contributed by atoms with E-state index in [1.807, 2.05) is 13.8 Å². The first-order valence-corrected chi connectivity index (χ1v) is 7.32. The Kier molecular flexibility index (Phi) is 3.89. The average molecular weight is 330 g/mol. The van der Waals surface area contributed by atoms with Crippen molar-refractivity contribution in [2.45, 2.75) is 20.0 Å². The third-order valence-corrected chi connectivity index (χ3v) is 3.45. The van der Waals surface area contributed by atoms with Gasteiger partial charge >= 0.3 is 5.97 Å². The smallest absolute Gasteiger partial charge is 0.340 e. The van der Waals surface area contributed by atoms with Gasteiger partial charge in [0.1, 0.15) is 22.7 Å². The first-order chi connectivity index (χ1) is 11.4. The van der Waals surface area contributed by atoms with Gasteiger partial charge in [-0.3, -0.25) is 0 Å². The highest BCUT2D eigenvalue weighted by Gasteiger charge is 2.23. The van der Waals surface area contributed by atoms with Crippen LogP contribution >= 0.6 is 0 Å². The topological polar surface area (TPSA) is 79.9 Å². The fourth-order valence-electron chi connectivity index (χ4n) is 2.49. The van der Waals surface area contributed by atoms with Gasteiger partial charge in [0, 0.05) is 10.9 Å². The summed E-state index contributed by atoms with van der Waals surface area (Å²) in [5.74, 6) is -1.98. The number of furan rings is 1. The highest BCUT2D eigenvalue weighted by atomic mass is 19.1. The van der Waals surface area contributed by atoms with Gasteiger partial charge in [0.15, 0.2) is 11.6 Å². The van der Waals surface area contributed by atoms with Crippen LogP contribution in [0, 0.1) is 5.82 Å². The Balaban J connectivity index is 2.22. The van der Waals surface area contributed by atoms with E-state index in [9.17, 15) is 19.4 Å². The first-order valence-electron chi connectivity index (χ1n) is 7.32. The number of rotatable bonds is 4. The maximum atomic E-state index is 13.2. The van der Waals surface area contributed by atoms with Crippen LogP contribution in [-0.2, 0) is 0 Å². The summed E-state index contributed by atoms with van der Waals surface area (Å²) in [6.07, 6.45) is -0.0591. The zero-order valence-corrected chi connectivity index (χ0v) is 13.0. The maximum absolute atomic E-state index is 13.2. The molecule has 0 aliphatic heterocycles. The molecule has 0 bridgehead atoms. The molecule has 0 aliphatic carbocycles. The zero-order chi connectivity index (χ0) is 17.4. The monoisotopic (exact) mass is 330 g/mol. The van der Waals surface area contributed by atoms with Crippen LogP contribution in [0.1, 0.15) is 24.2 Å². The van der Waals surface area contributed by atoms with E-state index in [1.165, 1.54) is 6.07 Å². The van der Waals surface area contributed by atoms with Crippen LogP contribution in [0.3, 0.4) is 0 Å². The van der Waals surface area contributed by atoms with Crippen LogP contribution in [-0.4, -0.2) is 22.3 Å². The van der Waals surface area contributed by atoms with E-state index in [0.717, 1.165) is 12.1 Å². The van der Waals surface area contributed by atoms with Crippen LogP contribution in [0.2, 0.25) is 0 Å². The number of carboxylic acid groups (broad SMARTS) is 1. The van der Waals surface area contributed by atoms with Crippen molar-refractivity contribution in [3.05, 3.63) is 47.8 Å². The van der Waals surface area contributed by atoms with Gasteiger partial charge in [-0.25, -0.2) is 9.18 Å². The van der Waals surface area contributed by atoms with Crippen LogP contribution in [0.5, 0.6) is 11.5 Å². The molecule has 6 heteroatoms. The highest BCUT2D eigenvalue weighted by Crippen LogP contribution is 2.37. The number of phenolic OH excluding ortho intramolecular Hbond substituents is 1. The summed E-state index contributed by atoms with van der Waals surface area (Å²) < 4.78 is 24.5. The largest absolute Gasteiger partial charge is 0.505 e. The van der Waals surface area contributed by atoms with Crippen LogP contribution in [0.4, 0.5) is 4.39 Å². The lowest BCUT2D eigenvalue weighted by Crippen LogP contribution is -2.05. The lowest BCUT2D eigenvalue weighted by Gasteiger charge is -2.09. The molecule has 0 radical (unpaired) electrons. The predicted octanol–water partition coefficient (Wildman–Crippen LogP) is 4.43. The molecule has 0 saturated carbocycles. The summed E-state index contributed by atoms with van der Waals surface area (Å²) in [5.41, 5.74) is 0.571. The number of hydrogen-bond acceptors (Lipinski definition) is 4. The van der Waals surface area contributed by atoms with E-state index in [1.54, 1.807) is 18.2 Å². The molecule has 0 spiro atoms. The number of halogens is 1. The number of ether oxygens (including phenoxy) is 1. The van der Waals surface area contributed by atoms with Gasteiger partial charge in [0.2, 0.25) is 0 Å². The molecule has 0 amide bonds. The number of carbonyl (C=O) groups is 1. The zero-order valence-electron chi connectivity index (χ0n) is 13.0. The Morgan fingerprint density at radius 3 is 2.58 bits per heavy atom. The second-order valence-electron chi connectivity index (χ2n) is 5.60. The quantitative estimate of drug-likeness (QED) is 0.740. The molecule has 2 N–H and O–H groups in total. The van der Waals surface area contributed by atoms with Crippen molar-refractivity contribution in [3.63, 3.8) is 0 Å². The molecule has 24 heavy (non-hydrogen) atoms. The van der Waals surface area contributed by atoms with E-state index < -0.39 is 17.5 Å².